The van der Waals surface area contributed by atoms with Gasteiger partial charge in [0.1, 0.15) is 5.82 Å². The molecule has 1 saturated carbocycles. The van der Waals surface area contributed by atoms with Gasteiger partial charge in [0, 0.05) is 6.04 Å². The third-order valence-corrected chi connectivity index (χ3v) is 7.47. The van der Waals surface area contributed by atoms with Gasteiger partial charge < -0.3 is 5.73 Å². The minimum Gasteiger partial charge on any atom is -0.330 e. The van der Waals surface area contributed by atoms with Crippen molar-refractivity contribution >= 4 is 25.7 Å². The highest BCUT2D eigenvalue weighted by Gasteiger charge is 2.29. The zero-order valence-corrected chi connectivity index (χ0v) is 16.4. The van der Waals surface area contributed by atoms with Crippen LogP contribution in [0.1, 0.15) is 39.0 Å². The van der Waals surface area contributed by atoms with Crippen LogP contribution in [-0.2, 0) is 20.0 Å². The fourth-order valence-corrected chi connectivity index (χ4v) is 5.64. The van der Waals surface area contributed by atoms with Gasteiger partial charge in [-0.25, -0.2) is 25.9 Å². The SMILES string of the molecule is CCCS(=O)(=O)Nc1ccc(S(=O)(=O)N[C@@H]2CCCC[C@@H]2CN)cc1F. The van der Waals surface area contributed by atoms with Gasteiger partial charge in [-0.1, -0.05) is 19.8 Å². The molecule has 7 nitrogen and oxygen atoms in total. The summed E-state index contributed by atoms with van der Waals surface area (Å²) in [6, 6.07) is 2.87. The van der Waals surface area contributed by atoms with Crippen molar-refractivity contribution in [3.63, 3.8) is 0 Å². The Hall–Kier alpha value is -1.23. The molecule has 2 rings (SSSR count). The lowest BCUT2D eigenvalue weighted by Crippen LogP contribution is -2.44. The van der Waals surface area contributed by atoms with E-state index in [1.165, 1.54) is 6.07 Å². The normalized spacial score (nSPS) is 21.5. The Morgan fingerprint density at radius 1 is 1.19 bits per heavy atom. The Kier molecular flexibility index (Phi) is 7.00. The van der Waals surface area contributed by atoms with Crippen LogP contribution in [0.5, 0.6) is 0 Å². The first kappa shape index (κ1) is 21.1. The van der Waals surface area contributed by atoms with Crippen molar-refractivity contribution in [2.45, 2.75) is 50.0 Å². The maximum absolute atomic E-state index is 14.2. The number of nitrogens with one attached hydrogen (secondary N) is 2. The summed E-state index contributed by atoms with van der Waals surface area (Å²) >= 11 is 0. The molecule has 26 heavy (non-hydrogen) atoms. The molecule has 0 spiro atoms. The van der Waals surface area contributed by atoms with Crippen LogP contribution >= 0.6 is 0 Å². The molecule has 1 aliphatic rings. The first-order chi connectivity index (χ1) is 12.2. The first-order valence-corrected chi connectivity index (χ1v) is 11.8. The van der Waals surface area contributed by atoms with Crippen LogP contribution in [-0.4, -0.2) is 35.2 Å². The highest BCUT2D eigenvalue weighted by Crippen LogP contribution is 2.26. The fourth-order valence-electron chi connectivity index (χ4n) is 3.15. The van der Waals surface area contributed by atoms with Crippen LogP contribution in [0.25, 0.3) is 0 Å². The van der Waals surface area contributed by atoms with E-state index < -0.39 is 25.9 Å². The maximum atomic E-state index is 14.2. The number of halogens is 1. The molecule has 1 aliphatic carbocycles. The molecule has 2 atom stereocenters. The molecule has 0 amide bonds. The first-order valence-electron chi connectivity index (χ1n) is 8.71. The van der Waals surface area contributed by atoms with Gasteiger partial charge >= 0.3 is 0 Å². The molecule has 4 N–H and O–H groups in total. The minimum atomic E-state index is -3.92. The van der Waals surface area contributed by atoms with Gasteiger partial charge in [0.05, 0.1) is 16.3 Å². The second-order valence-corrected chi connectivity index (χ2v) is 10.1. The number of rotatable bonds is 8. The fraction of sp³-hybridized carbons (Fsp3) is 0.625. The van der Waals surface area contributed by atoms with E-state index in [0.29, 0.717) is 19.4 Å². The summed E-state index contributed by atoms with van der Waals surface area (Å²) < 4.78 is 67.6. The van der Waals surface area contributed by atoms with Crippen molar-refractivity contribution in [2.24, 2.45) is 11.7 Å². The van der Waals surface area contributed by atoms with Crippen molar-refractivity contribution < 1.29 is 21.2 Å². The van der Waals surface area contributed by atoms with Gasteiger partial charge in [-0.2, -0.15) is 0 Å². The quantitative estimate of drug-likeness (QED) is 0.607. The molecule has 0 unspecified atom stereocenters. The molecule has 10 heteroatoms. The van der Waals surface area contributed by atoms with Gasteiger partial charge in [-0.3, -0.25) is 4.72 Å². The molecule has 148 valence electrons. The third kappa shape index (κ3) is 5.38. The molecule has 0 bridgehead atoms. The number of hydrogen-bond acceptors (Lipinski definition) is 5. The van der Waals surface area contributed by atoms with Crippen LogP contribution in [0.3, 0.4) is 0 Å². The average molecular weight is 408 g/mol. The minimum absolute atomic E-state index is 0.0588. The van der Waals surface area contributed by atoms with E-state index in [0.717, 1.165) is 31.4 Å². The van der Waals surface area contributed by atoms with Crippen molar-refractivity contribution in [1.29, 1.82) is 0 Å². The van der Waals surface area contributed by atoms with Gasteiger partial charge in [-0.05, 0) is 49.9 Å². The predicted octanol–water partition coefficient (Wildman–Crippen LogP) is 1.77. The lowest BCUT2D eigenvalue weighted by atomic mass is 9.85. The van der Waals surface area contributed by atoms with Gasteiger partial charge in [0.25, 0.3) is 0 Å². The standard InChI is InChI=1S/C16H26FN3O4S2/c1-2-9-25(21,22)19-16-8-7-13(10-14(16)17)26(23,24)20-15-6-4-3-5-12(15)11-18/h7-8,10,12,15,19-20H,2-6,9,11,18H2,1H3/t12-,15-/m1/s1. The van der Waals surface area contributed by atoms with E-state index in [2.05, 4.69) is 9.44 Å². The molecular formula is C16H26FN3O4S2. The summed E-state index contributed by atoms with van der Waals surface area (Å²) in [4.78, 5) is -0.241. The summed E-state index contributed by atoms with van der Waals surface area (Å²) in [5.74, 6) is -1.02. The summed E-state index contributed by atoms with van der Waals surface area (Å²) in [5, 5.41) is 0. The van der Waals surface area contributed by atoms with E-state index >= 15 is 0 Å². The van der Waals surface area contributed by atoms with Crippen LogP contribution in [0.15, 0.2) is 23.1 Å². The van der Waals surface area contributed by atoms with Crippen molar-refractivity contribution in [2.75, 3.05) is 17.0 Å². The largest absolute Gasteiger partial charge is 0.330 e. The van der Waals surface area contributed by atoms with Crippen LogP contribution in [0.2, 0.25) is 0 Å². The van der Waals surface area contributed by atoms with Gasteiger partial charge in [-0.15, -0.1) is 0 Å². The van der Waals surface area contributed by atoms with E-state index in [9.17, 15) is 21.2 Å². The molecule has 1 aromatic rings. The van der Waals surface area contributed by atoms with Gasteiger partial charge in [0.2, 0.25) is 20.0 Å². The predicted molar refractivity (Wildman–Crippen MR) is 99.2 cm³/mol. The zero-order valence-electron chi connectivity index (χ0n) is 14.7. The molecule has 0 radical (unpaired) electrons. The van der Waals surface area contributed by atoms with Crippen molar-refractivity contribution in [1.82, 2.24) is 4.72 Å². The second kappa shape index (κ2) is 8.64. The lowest BCUT2D eigenvalue weighted by molar-refractivity contribution is 0.296. The molecule has 1 fully saturated rings. The number of sulfonamides is 2. The third-order valence-electron chi connectivity index (χ3n) is 4.51. The maximum Gasteiger partial charge on any atom is 0.240 e. The van der Waals surface area contributed by atoms with Crippen molar-refractivity contribution in [3.8, 4) is 0 Å². The molecule has 0 heterocycles. The van der Waals surface area contributed by atoms with Crippen LogP contribution in [0.4, 0.5) is 10.1 Å². The topological polar surface area (TPSA) is 118 Å². The zero-order chi connectivity index (χ0) is 19.4. The Bertz CT molecular complexity index is 828. The summed E-state index contributed by atoms with van der Waals surface area (Å²) in [6.45, 7) is 2.08. The second-order valence-electron chi connectivity index (χ2n) is 6.57. The molecule has 1 aromatic carbocycles. The summed E-state index contributed by atoms with van der Waals surface area (Å²) in [6.07, 6.45) is 3.86. The average Bonchev–Trinajstić information content (AvgIpc) is 2.56. The molecule has 0 aromatic heterocycles. The lowest BCUT2D eigenvalue weighted by Gasteiger charge is -2.31. The molecule has 0 aliphatic heterocycles. The highest BCUT2D eigenvalue weighted by molar-refractivity contribution is 7.92. The number of nitrogens with two attached hydrogens (primary N) is 1. The smallest absolute Gasteiger partial charge is 0.240 e. The Balaban J connectivity index is 2.18. The molecular weight excluding hydrogens is 381 g/mol. The Morgan fingerprint density at radius 3 is 2.50 bits per heavy atom. The Labute approximate surface area is 154 Å². The van der Waals surface area contributed by atoms with Gasteiger partial charge in [0.15, 0.2) is 0 Å². The number of anilines is 1. The summed E-state index contributed by atoms with van der Waals surface area (Å²) in [7, 11) is -7.58. The van der Waals surface area contributed by atoms with E-state index in [1.54, 1.807) is 6.92 Å². The number of benzene rings is 1. The number of hydrogen-bond donors (Lipinski definition) is 3. The summed E-state index contributed by atoms with van der Waals surface area (Å²) in [5.41, 5.74) is 5.45. The van der Waals surface area contributed by atoms with E-state index in [-0.39, 0.29) is 28.3 Å². The monoisotopic (exact) mass is 407 g/mol. The highest BCUT2D eigenvalue weighted by atomic mass is 32.2. The van der Waals surface area contributed by atoms with E-state index in [1.807, 2.05) is 0 Å². The Morgan fingerprint density at radius 2 is 1.88 bits per heavy atom. The molecule has 0 saturated heterocycles. The van der Waals surface area contributed by atoms with E-state index in [4.69, 9.17) is 5.73 Å². The van der Waals surface area contributed by atoms with Crippen molar-refractivity contribution in [3.05, 3.63) is 24.0 Å². The van der Waals surface area contributed by atoms with Crippen LogP contribution < -0.4 is 15.2 Å². The van der Waals surface area contributed by atoms with Crippen LogP contribution in [0, 0.1) is 11.7 Å².